The molecule has 2 aromatic heterocycles. The summed E-state index contributed by atoms with van der Waals surface area (Å²) in [6.45, 7) is 2.59. The minimum absolute atomic E-state index is 0.156. The van der Waals surface area contributed by atoms with E-state index in [1.807, 2.05) is 13.1 Å². The molecule has 4 N–H and O–H groups in total. The number of H-pyrrole nitrogens is 1. The van der Waals surface area contributed by atoms with Crippen LogP contribution in [0.5, 0.6) is 0 Å². The van der Waals surface area contributed by atoms with Crippen LogP contribution in [0.1, 0.15) is 18.3 Å². The minimum atomic E-state index is -0.156. The van der Waals surface area contributed by atoms with Gasteiger partial charge in [0.05, 0.1) is 17.9 Å². The van der Waals surface area contributed by atoms with Crippen molar-refractivity contribution in [3.63, 3.8) is 0 Å². The van der Waals surface area contributed by atoms with Crippen LogP contribution in [0.25, 0.3) is 0 Å². The molecule has 0 radical (unpaired) electrons. The van der Waals surface area contributed by atoms with E-state index >= 15 is 0 Å². The third-order valence-corrected chi connectivity index (χ3v) is 2.97. The van der Waals surface area contributed by atoms with Gasteiger partial charge in [-0.15, -0.1) is 0 Å². The summed E-state index contributed by atoms with van der Waals surface area (Å²) in [6, 6.07) is 5.41. The molecule has 0 bridgehead atoms. The largest absolute Gasteiger partial charge is 0.394 e. The van der Waals surface area contributed by atoms with E-state index in [1.54, 1.807) is 22.9 Å². The van der Waals surface area contributed by atoms with Gasteiger partial charge in [0, 0.05) is 24.6 Å². The van der Waals surface area contributed by atoms with E-state index < -0.39 is 0 Å². The Bertz CT molecular complexity index is 576. The number of nitrogens with two attached hydrogens (primary N) is 1. The van der Waals surface area contributed by atoms with Gasteiger partial charge in [0.25, 0.3) is 5.56 Å². The van der Waals surface area contributed by atoms with Crippen molar-refractivity contribution in [2.45, 2.75) is 19.9 Å². The van der Waals surface area contributed by atoms with Gasteiger partial charge in [0.15, 0.2) is 0 Å². The van der Waals surface area contributed by atoms with Gasteiger partial charge in [-0.05, 0) is 24.6 Å². The second-order valence-electron chi connectivity index (χ2n) is 4.19. The Hall–Kier alpha value is -2.17. The van der Waals surface area contributed by atoms with Gasteiger partial charge in [0.1, 0.15) is 0 Å². The SMILES string of the molecule is CCc1[nH]c(Cn2cccc(N)c2=O)cc1NC. The van der Waals surface area contributed by atoms with Gasteiger partial charge < -0.3 is 20.6 Å². The molecule has 5 heteroatoms. The smallest absolute Gasteiger partial charge is 0.274 e. The van der Waals surface area contributed by atoms with Crippen LogP contribution in [0.3, 0.4) is 0 Å². The fourth-order valence-corrected chi connectivity index (χ4v) is 2.01. The molecular formula is C13H18N4O. The molecule has 2 rings (SSSR count). The number of nitrogen functional groups attached to an aromatic ring is 1. The summed E-state index contributed by atoms with van der Waals surface area (Å²) in [6.07, 6.45) is 2.66. The zero-order chi connectivity index (χ0) is 13.1. The lowest BCUT2D eigenvalue weighted by atomic mass is 10.3. The Kier molecular flexibility index (Phi) is 3.41. The molecule has 5 nitrogen and oxygen atoms in total. The summed E-state index contributed by atoms with van der Waals surface area (Å²) in [5, 5.41) is 3.14. The van der Waals surface area contributed by atoms with Crippen LogP contribution in [-0.4, -0.2) is 16.6 Å². The molecule has 0 aliphatic rings. The number of aromatic amines is 1. The predicted molar refractivity (Wildman–Crippen MR) is 73.9 cm³/mol. The fourth-order valence-electron chi connectivity index (χ4n) is 2.01. The average molecular weight is 246 g/mol. The lowest BCUT2D eigenvalue weighted by Crippen LogP contribution is -2.22. The van der Waals surface area contributed by atoms with Gasteiger partial charge in [-0.2, -0.15) is 0 Å². The number of aromatic nitrogens is 2. The number of hydrogen-bond acceptors (Lipinski definition) is 3. The molecule has 0 amide bonds. The number of nitrogens with zero attached hydrogens (tertiary/aromatic N) is 1. The number of nitrogens with one attached hydrogen (secondary N) is 2. The van der Waals surface area contributed by atoms with Crippen LogP contribution < -0.4 is 16.6 Å². The lowest BCUT2D eigenvalue weighted by Gasteiger charge is -2.04. The molecule has 0 spiro atoms. The highest BCUT2D eigenvalue weighted by molar-refractivity contribution is 5.50. The van der Waals surface area contributed by atoms with Crippen molar-refractivity contribution >= 4 is 11.4 Å². The number of pyridine rings is 1. The first kappa shape index (κ1) is 12.3. The molecule has 18 heavy (non-hydrogen) atoms. The van der Waals surface area contributed by atoms with Crippen molar-refractivity contribution < 1.29 is 0 Å². The van der Waals surface area contributed by atoms with E-state index in [1.165, 1.54) is 0 Å². The van der Waals surface area contributed by atoms with Crippen LogP contribution in [0, 0.1) is 0 Å². The van der Waals surface area contributed by atoms with E-state index in [4.69, 9.17) is 5.73 Å². The van der Waals surface area contributed by atoms with Crippen molar-refractivity contribution in [1.82, 2.24) is 9.55 Å². The van der Waals surface area contributed by atoms with E-state index in [-0.39, 0.29) is 11.2 Å². The maximum atomic E-state index is 11.8. The molecule has 0 saturated heterocycles. The van der Waals surface area contributed by atoms with Gasteiger partial charge in [-0.1, -0.05) is 6.92 Å². The van der Waals surface area contributed by atoms with Gasteiger partial charge in [-0.3, -0.25) is 4.79 Å². The number of aryl methyl sites for hydroxylation is 1. The van der Waals surface area contributed by atoms with Gasteiger partial charge in [0.2, 0.25) is 0 Å². The highest BCUT2D eigenvalue weighted by Gasteiger charge is 2.07. The second kappa shape index (κ2) is 5.00. The Labute approximate surface area is 106 Å². The molecule has 0 aliphatic heterocycles. The van der Waals surface area contributed by atoms with Crippen molar-refractivity contribution in [3.05, 3.63) is 46.1 Å². The zero-order valence-electron chi connectivity index (χ0n) is 10.7. The minimum Gasteiger partial charge on any atom is -0.394 e. The molecule has 96 valence electrons. The molecule has 0 fully saturated rings. The second-order valence-corrected chi connectivity index (χ2v) is 4.19. The summed E-state index contributed by atoms with van der Waals surface area (Å²) in [4.78, 5) is 15.1. The molecule has 0 aromatic carbocycles. The number of anilines is 2. The maximum absolute atomic E-state index is 11.8. The van der Waals surface area contributed by atoms with Crippen LogP contribution in [-0.2, 0) is 13.0 Å². The van der Waals surface area contributed by atoms with E-state index in [0.717, 1.165) is 23.5 Å². The first-order valence-corrected chi connectivity index (χ1v) is 5.99. The third kappa shape index (κ3) is 2.25. The van der Waals surface area contributed by atoms with E-state index in [0.29, 0.717) is 6.54 Å². The highest BCUT2D eigenvalue weighted by atomic mass is 16.1. The monoisotopic (exact) mass is 246 g/mol. The molecule has 0 saturated carbocycles. The standard InChI is InChI=1S/C13H18N4O/c1-3-11-12(15-2)7-9(16-11)8-17-6-4-5-10(14)13(17)18/h4-7,15-16H,3,8,14H2,1-2H3. The zero-order valence-corrected chi connectivity index (χ0v) is 10.7. The van der Waals surface area contributed by atoms with Gasteiger partial charge >= 0.3 is 0 Å². The molecule has 2 aromatic rings. The van der Waals surface area contributed by atoms with Crippen molar-refractivity contribution in [3.8, 4) is 0 Å². The fraction of sp³-hybridized carbons (Fsp3) is 0.308. The van der Waals surface area contributed by atoms with Crippen LogP contribution in [0.4, 0.5) is 11.4 Å². The summed E-state index contributed by atoms with van der Waals surface area (Å²) in [7, 11) is 1.89. The lowest BCUT2D eigenvalue weighted by molar-refractivity contribution is 0.743. The van der Waals surface area contributed by atoms with E-state index in [2.05, 4.69) is 17.2 Å². The van der Waals surface area contributed by atoms with E-state index in [9.17, 15) is 4.79 Å². The van der Waals surface area contributed by atoms with Crippen molar-refractivity contribution in [2.75, 3.05) is 18.1 Å². The molecule has 0 atom stereocenters. The maximum Gasteiger partial charge on any atom is 0.274 e. The normalized spacial score (nSPS) is 10.6. The molecule has 2 heterocycles. The first-order chi connectivity index (χ1) is 8.65. The summed E-state index contributed by atoms with van der Waals surface area (Å²) < 4.78 is 1.60. The number of hydrogen-bond donors (Lipinski definition) is 3. The third-order valence-electron chi connectivity index (χ3n) is 2.97. The summed E-state index contributed by atoms with van der Waals surface area (Å²) in [5.74, 6) is 0. The first-order valence-electron chi connectivity index (χ1n) is 5.99. The predicted octanol–water partition coefficient (Wildman–Crippen LogP) is 1.41. The quantitative estimate of drug-likeness (QED) is 0.763. The van der Waals surface area contributed by atoms with Crippen molar-refractivity contribution in [1.29, 1.82) is 0 Å². The Balaban J connectivity index is 2.31. The Morgan fingerprint density at radius 3 is 2.89 bits per heavy atom. The number of rotatable bonds is 4. The molecule has 0 unspecified atom stereocenters. The van der Waals surface area contributed by atoms with Crippen molar-refractivity contribution in [2.24, 2.45) is 0 Å². The van der Waals surface area contributed by atoms with Crippen LogP contribution in [0.2, 0.25) is 0 Å². The molecular weight excluding hydrogens is 228 g/mol. The Morgan fingerprint density at radius 2 is 2.28 bits per heavy atom. The van der Waals surface area contributed by atoms with Crippen LogP contribution >= 0.6 is 0 Å². The van der Waals surface area contributed by atoms with Crippen LogP contribution in [0.15, 0.2) is 29.2 Å². The summed E-state index contributed by atoms with van der Waals surface area (Å²) in [5.41, 5.74) is 8.93. The summed E-state index contributed by atoms with van der Waals surface area (Å²) >= 11 is 0. The topological polar surface area (TPSA) is 75.8 Å². The van der Waals surface area contributed by atoms with Gasteiger partial charge in [-0.25, -0.2) is 0 Å². The Morgan fingerprint density at radius 1 is 1.50 bits per heavy atom. The highest BCUT2D eigenvalue weighted by Crippen LogP contribution is 2.17. The molecule has 0 aliphatic carbocycles. The average Bonchev–Trinajstić information content (AvgIpc) is 2.77.